The lowest BCUT2D eigenvalue weighted by molar-refractivity contribution is -0.132. The second kappa shape index (κ2) is 6.79. The Labute approximate surface area is 149 Å². The predicted octanol–water partition coefficient (Wildman–Crippen LogP) is 3.01. The lowest BCUT2D eigenvalue weighted by Crippen LogP contribution is -2.47. The number of carbonyl (C=O) groups is 1. The zero-order valence-electron chi connectivity index (χ0n) is 15.3. The molecule has 0 spiro atoms. The number of pyridine rings is 1. The summed E-state index contributed by atoms with van der Waals surface area (Å²) in [7, 11) is 0. The highest BCUT2D eigenvalue weighted by atomic mass is 16.2. The van der Waals surface area contributed by atoms with E-state index >= 15 is 0 Å². The summed E-state index contributed by atoms with van der Waals surface area (Å²) in [5, 5.41) is 0. The van der Waals surface area contributed by atoms with Crippen LogP contribution in [0, 0.1) is 6.92 Å². The molecule has 5 heteroatoms. The number of aromatic nitrogens is 2. The average molecular weight is 340 g/mol. The van der Waals surface area contributed by atoms with Crippen LogP contribution in [-0.2, 0) is 11.3 Å². The van der Waals surface area contributed by atoms with E-state index in [2.05, 4.69) is 45.5 Å². The Hall–Kier alpha value is -1.88. The molecule has 0 unspecified atom stereocenters. The Morgan fingerprint density at radius 3 is 2.80 bits per heavy atom. The summed E-state index contributed by atoms with van der Waals surface area (Å²) in [5.41, 5.74) is 3.37. The quantitative estimate of drug-likeness (QED) is 0.859. The Bertz CT molecular complexity index is 768. The molecule has 5 nitrogen and oxygen atoms in total. The number of carbonyl (C=O) groups excluding carboxylic acids is 1. The van der Waals surface area contributed by atoms with Crippen molar-refractivity contribution in [1.82, 2.24) is 19.2 Å². The smallest absolute Gasteiger partial charge is 0.222 e. The van der Waals surface area contributed by atoms with Crippen LogP contribution in [0.15, 0.2) is 24.4 Å². The summed E-state index contributed by atoms with van der Waals surface area (Å²) in [6.45, 7) is 7.03. The van der Waals surface area contributed by atoms with Gasteiger partial charge in [0, 0.05) is 43.5 Å². The highest BCUT2D eigenvalue weighted by Gasteiger charge is 2.39. The van der Waals surface area contributed by atoms with Crippen molar-refractivity contribution in [3.05, 3.63) is 35.8 Å². The van der Waals surface area contributed by atoms with Crippen molar-refractivity contribution >= 4 is 11.6 Å². The van der Waals surface area contributed by atoms with Crippen molar-refractivity contribution in [3.8, 4) is 0 Å². The minimum absolute atomic E-state index is 0.317. The SMILES string of the molecule is CCC(=O)N1CCC[C@@H]1[C@@H]1CCCN1Cc1cn2c(C)cccc2n1. The van der Waals surface area contributed by atoms with Gasteiger partial charge in [0.2, 0.25) is 5.91 Å². The summed E-state index contributed by atoms with van der Waals surface area (Å²) in [4.78, 5) is 21.8. The van der Waals surface area contributed by atoms with E-state index in [1.54, 1.807) is 0 Å². The molecule has 2 aliphatic rings. The summed E-state index contributed by atoms with van der Waals surface area (Å²) in [5.74, 6) is 0.317. The van der Waals surface area contributed by atoms with E-state index in [9.17, 15) is 4.79 Å². The largest absolute Gasteiger partial charge is 0.338 e. The van der Waals surface area contributed by atoms with Crippen molar-refractivity contribution in [2.45, 2.75) is 64.6 Å². The molecule has 25 heavy (non-hydrogen) atoms. The molecule has 2 atom stereocenters. The highest BCUT2D eigenvalue weighted by molar-refractivity contribution is 5.76. The molecule has 4 heterocycles. The van der Waals surface area contributed by atoms with E-state index in [0.717, 1.165) is 43.8 Å². The molecule has 0 aliphatic carbocycles. The number of amides is 1. The number of likely N-dealkylation sites (tertiary alicyclic amines) is 2. The third-order valence-corrected chi connectivity index (χ3v) is 5.89. The first-order valence-electron chi connectivity index (χ1n) is 9.64. The zero-order valence-corrected chi connectivity index (χ0v) is 15.3. The van der Waals surface area contributed by atoms with Crippen LogP contribution in [0.2, 0.25) is 0 Å². The van der Waals surface area contributed by atoms with Crippen LogP contribution < -0.4 is 0 Å². The fourth-order valence-electron chi connectivity index (χ4n) is 4.67. The van der Waals surface area contributed by atoms with Crippen LogP contribution in [0.1, 0.15) is 50.4 Å². The van der Waals surface area contributed by atoms with Gasteiger partial charge in [0.25, 0.3) is 0 Å². The van der Waals surface area contributed by atoms with E-state index in [1.165, 1.54) is 18.5 Å². The summed E-state index contributed by atoms with van der Waals surface area (Å²) in [6.07, 6.45) is 7.51. The summed E-state index contributed by atoms with van der Waals surface area (Å²) in [6, 6.07) is 7.13. The van der Waals surface area contributed by atoms with E-state index in [1.807, 2.05) is 6.92 Å². The maximum atomic E-state index is 12.3. The minimum Gasteiger partial charge on any atom is -0.338 e. The van der Waals surface area contributed by atoms with Crippen LogP contribution in [0.4, 0.5) is 0 Å². The zero-order chi connectivity index (χ0) is 17.4. The molecule has 0 saturated carbocycles. The van der Waals surface area contributed by atoms with Gasteiger partial charge in [-0.05, 0) is 51.3 Å². The number of hydrogen-bond acceptors (Lipinski definition) is 3. The number of fused-ring (bicyclic) bond motifs is 1. The number of imidazole rings is 1. The Kier molecular flexibility index (Phi) is 4.50. The summed E-state index contributed by atoms with van der Waals surface area (Å²) < 4.78 is 2.17. The molecule has 0 radical (unpaired) electrons. The first kappa shape index (κ1) is 16.6. The summed E-state index contributed by atoms with van der Waals surface area (Å²) >= 11 is 0. The van der Waals surface area contributed by atoms with Crippen molar-refractivity contribution in [1.29, 1.82) is 0 Å². The fraction of sp³-hybridized carbons (Fsp3) is 0.600. The minimum atomic E-state index is 0.317. The highest BCUT2D eigenvalue weighted by Crippen LogP contribution is 2.31. The van der Waals surface area contributed by atoms with Gasteiger partial charge in [-0.2, -0.15) is 0 Å². The van der Waals surface area contributed by atoms with Gasteiger partial charge in [-0.1, -0.05) is 13.0 Å². The van der Waals surface area contributed by atoms with Crippen molar-refractivity contribution in [2.75, 3.05) is 13.1 Å². The standard InChI is InChI=1S/C20H28N4O/c1-3-20(25)23-12-6-9-18(23)17-8-5-11-22(17)13-16-14-24-15(2)7-4-10-19(24)21-16/h4,7,10,14,17-18H,3,5-6,8-9,11-13H2,1-2H3/t17-,18+/m0/s1. The third-order valence-electron chi connectivity index (χ3n) is 5.89. The maximum Gasteiger partial charge on any atom is 0.222 e. The van der Waals surface area contributed by atoms with E-state index < -0.39 is 0 Å². The van der Waals surface area contributed by atoms with Crippen LogP contribution in [-0.4, -0.2) is 50.3 Å². The number of nitrogens with zero attached hydrogens (tertiary/aromatic N) is 4. The Morgan fingerprint density at radius 2 is 2.00 bits per heavy atom. The van der Waals surface area contributed by atoms with Crippen molar-refractivity contribution in [2.24, 2.45) is 0 Å². The Morgan fingerprint density at radius 1 is 1.20 bits per heavy atom. The molecule has 0 bridgehead atoms. The normalized spacial score (nSPS) is 24.5. The molecular formula is C20H28N4O. The molecule has 2 aromatic heterocycles. The molecule has 0 N–H and O–H groups in total. The van der Waals surface area contributed by atoms with Crippen LogP contribution in [0.5, 0.6) is 0 Å². The van der Waals surface area contributed by atoms with Gasteiger partial charge in [-0.15, -0.1) is 0 Å². The van der Waals surface area contributed by atoms with Crippen LogP contribution in [0.3, 0.4) is 0 Å². The van der Waals surface area contributed by atoms with Crippen LogP contribution >= 0.6 is 0 Å². The lowest BCUT2D eigenvalue weighted by atomic mass is 10.0. The fourth-order valence-corrected chi connectivity index (χ4v) is 4.67. The number of hydrogen-bond donors (Lipinski definition) is 0. The van der Waals surface area contributed by atoms with E-state index in [-0.39, 0.29) is 0 Å². The molecule has 4 rings (SSSR count). The molecule has 1 amide bonds. The maximum absolute atomic E-state index is 12.3. The second-order valence-corrected chi connectivity index (χ2v) is 7.46. The molecule has 2 fully saturated rings. The number of aryl methyl sites for hydroxylation is 1. The third kappa shape index (κ3) is 3.06. The molecule has 2 aliphatic heterocycles. The van der Waals surface area contributed by atoms with Gasteiger partial charge >= 0.3 is 0 Å². The van der Waals surface area contributed by atoms with Gasteiger partial charge in [0.05, 0.1) is 5.69 Å². The van der Waals surface area contributed by atoms with Crippen molar-refractivity contribution in [3.63, 3.8) is 0 Å². The Balaban J connectivity index is 1.53. The first-order chi connectivity index (χ1) is 12.2. The first-order valence-corrected chi connectivity index (χ1v) is 9.64. The van der Waals surface area contributed by atoms with Gasteiger partial charge < -0.3 is 9.30 Å². The molecule has 134 valence electrons. The van der Waals surface area contributed by atoms with Gasteiger partial charge in [0.15, 0.2) is 0 Å². The van der Waals surface area contributed by atoms with Gasteiger partial charge in [0.1, 0.15) is 5.65 Å². The van der Waals surface area contributed by atoms with Crippen molar-refractivity contribution < 1.29 is 4.79 Å². The monoisotopic (exact) mass is 340 g/mol. The molecule has 2 aromatic rings. The lowest BCUT2D eigenvalue weighted by Gasteiger charge is -2.34. The second-order valence-electron chi connectivity index (χ2n) is 7.46. The van der Waals surface area contributed by atoms with Crippen LogP contribution in [0.25, 0.3) is 5.65 Å². The van der Waals surface area contributed by atoms with E-state index in [0.29, 0.717) is 24.4 Å². The predicted molar refractivity (Wildman–Crippen MR) is 98.4 cm³/mol. The molecule has 0 aromatic carbocycles. The molecular weight excluding hydrogens is 312 g/mol. The topological polar surface area (TPSA) is 40.9 Å². The van der Waals surface area contributed by atoms with Gasteiger partial charge in [-0.3, -0.25) is 9.69 Å². The molecule has 2 saturated heterocycles. The van der Waals surface area contributed by atoms with E-state index in [4.69, 9.17) is 4.98 Å². The average Bonchev–Trinajstić information content (AvgIpc) is 3.33. The van der Waals surface area contributed by atoms with Gasteiger partial charge in [-0.25, -0.2) is 4.98 Å². The number of rotatable bonds is 4.